The van der Waals surface area contributed by atoms with E-state index in [2.05, 4.69) is 10.6 Å². The van der Waals surface area contributed by atoms with Crippen molar-refractivity contribution in [3.8, 4) is 0 Å². The first-order valence-electron chi connectivity index (χ1n) is 9.03. The molecule has 0 spiro atoms. The third-order valence-electron chi connectivity index (χ3n) is 4.32. The van der Waals surface area contributed by atoms with Crippen LogP contribution in [0.2, 0.25) is 0 Å². The predicted molar refractivity (Wildman–Crippen MR) is 106 cm³/mol. The van der Waals surface area contributed by atoms with E-state index in [4.69, 9.17) is 0 Å². The third kappa shape index (κ3) is 5.32. The van der Waals surface area contributed by atoms with Crippen molar-refractivity contribution in [3.05, 3.63) is 63.7 Å². The summed E-state index contributed by atoms with van der Waals surface area (Å²) in [7, 11) is 0. The maximum atomic E-state index is 12.3. The van der Waals surface area contributed by atoms with Gasteiger partial charge in [0.15, 0.2) is 0 Å². The first kappa shape index (κ1) is 19.9. The molecule has 0 unspecified atom stereocenters. The molecule has 2 aromatic carbocycles. The van der Waals surface area contributed by atoms with Crippen LogP contribution in [0.1, 0.15) is 28.8 Å². The number of rotatable bonds is 8. The SMILES string of the molecule is Cc1ccc(Sc2ccc(C(=O)NCCNC(=O)C3CC3)cc2[N+](=O)[O-])cc1. The van der Waals surface area contributed by atoms with Gasteiger partial charge in [0.25, 0.3) is 11.6 Å². The van der Waals surface area contributed by atoms with Crippen LogP contribution in [0.4, 0.5) is 5.69 Å². The summed E-state index contributed by atoms with van der Waals surface area (Å²) >= 11 is 1.28. The highest BCUT2D eigenvalue weighted by atomic mass is 32.2. The van der Waals surface area contributed by atoms with Crippen molar-refractivity contribution in [1.82, 2.24) is 10.6 Å². The molecule has 7 nitrogen and oxygen atoms in total. The molecule has 3 rings (SSSR count). The van der Waals surface area contributed by atoms with Gasteiger partial charge in [0.1, 0.15) is 0 Å². The zero-order valence-corrected chi connectivity index (χ0v) is 16.3. The van der Waals surface area contributed by atoms with Crippen LogP contribution >= 0.6 is 11.8 Å². The molecule has 0 aliphatic heterocycles. The number of nitrogens with zero attached hydrogens (tertiary/aromatic N) is 1. The van der Waals surface area contributed by atoms with Crippen LogP contribution < -0.4 is 10.6 Å². The van der Waals surface area contributed by atoms with Crippen LogP contribution in [0.3, 0.4) is 0 Å². The number of hydrogen-bond donors (Lipinski definition) is 2. The monoisotopic (exact) mass is 399 g/mol. The molecule has 146 valence electrons. The summed E-state index contributed by atoms with van der Waals surface area (Å²) in [5, 5.41) is 16.9. The van der Waals surface area contributed by atoms with E-state index in [-0.39, 0.29) is 29.6 Å². The lowest BCUT2D eigenvalue weighted by atomic mass is 10.2. The van der Waals surface area contributed by atoms with Crippen LogP contribution in [0.5, 0.6) is 0 Å². The minimum absolute atomic E-state index is 0.0161. The molecule has 8 heteroatoms. The first-order chi connectivity index (χ1) is 13.4. The number of nitrogens with one attached hydrogen (secondary N) is 2. The van der Waals surface area contributed by atoms with Crippen molar-refractivity contribution < 1.29 is 14.5 Å². The predicted octanol–water partition coefficient (Wildman–Crippen LogP) is 3.31. The summed E-state index contributed by atoms with van der Waals surface area (Å²) in [6.07, 6.45) is 1.85. The van der Waals surface area contributed by atoms with Gasteiger partial charge in [-0.2, -0.15) is 0 Å². The number of nitro groups is 1. The van der Waals surface area contributed by atoms with Gasteiger partial charge in [0, 0.05) is 35.5 Å². The summed E-state index contributed by atoms with van der Waals surface area (Å²) < 4.78 is 0. The number of benzene rings is 2. The van der Waals surface area contributed by atoms with E-state index in [1.807, 2.05) is 31.2 Å². The van der Waals surface area contributed by atoms with Gasteiger partial charge in [0.05, 0.1) is 9.82 Å². The lowest BCUT2D eigenvalue weighted by molar-refractivity contribution is -0.387. The molecule has 28 heavy (non-hydrogen) atoms. The fourth-order valence-corrected chi connectivity index (χ4v) is 3.47. The lowest BCUT2D eigenvalue weighted by Crippen LogP contribution is -2.35. The number of hydrogen-bond acceptors (Lipinski definition) is 5. The highest BCUT2D eigenvalue weighted by Gasteiger charge is 2.29. The van der Waals surface area contributed by atoms with Gasteiger partial charge >= 0.3 is 0 Å². The lowest BCUT2D eigenvalue weighted by Gasteiger charge is -2.08. The topological polar surface area (TPSA) is 101 Å². The van der Waals surface area contributed by atoms with E-state index in [9.17, 15) is 19.7 Å². The van der Waals surface area contributed by atoms with Crippen molar-refractivity contribution in [2.45, 2.75) is 29.6 Å². The Hall–Kier alpha value is -2.87. The quantitative estimate of drug-likeness (QED) is 0.403. The van der Waals surface area contributed by atoms with Crippen LogP contribution in [-0.2, 0) is 4.79 Å². The molecule has 0 radical (unpaired) electrons. The van der Waals surface area contributed by atoms with Gasteiger partial charge < -0.3 is 10.6 Å². The maximum absolute atomic E-state index is 12.3. The Kier molecular flexibility index (Phi) is 6.30. The summed E-state index contributed by atoms with van der Waals surface area (Å²) in [6.45, 7) is 2.58. The first-order valence-corrected chi connectivity index (χ1v) is 9.84. The Morgan fingerprint density at radius 1 is 1.11 bits per heavy atom. The molecule has 2 aromatic rings. The molecule has 0 bridgehead atoms. The number of carbonyl (C=O) groups excluding carboxylic acids is 2. The molecule has 0 heterocycles. The molecule has 2 amide bonds. The Morgan fingerprint density at radius 3 is 2.43 bits per heavy atom. The highest BCUT2D eigenvalue weighted by Crippen LogP contribution is 2.35. The van der Waals surface area contributed by atoms with E-state index in [1.165, 1.54) is 17.8 Å². The molecule has 0 aromatic heterocycles. The normalized spacial score (nSPS) is 13.0. The fraction of sp³-hybridized carbons (Fsp3) is 0.300. The Balaban J connectivity index is 1.62. The van der Waals surface area contributed by atoms with Crippen LogP contribution in [-0.4, -0.2) is 29.8 Å². The second kappa shape index (κ2) is 8.88. The van der Waals surface area contributed by atoms with Gasteiger partial charge in [-0.25, -0.2) is 0 Å². The van der Waals surface area contributed by atoms with Crippen molar-refractivity contribution >= 4 is 29.3 Å². The number of nitro benzene ring substituents is 1. The van der Waals surface area contributed by atoms with Gasteiger partial charge in [-0.15, -0.1) is 0 Å². The molecule has 0 atom stereocenters. The van der Waals surface area contributed by atoms with Gasteiger partial charge in [-0.3, -0.25) is 19.7 Å². The average molecular weight is 399 g/mol. The van der Waals surface area contributed by atoms with Crippen molar-refractivity contribution in [2.24, 2.45) is 5.92 Å². The second-order valence-corrected chi connectivity index (χ2v) is 7.79. The molecule has 1 aliphatic carbocycles. The standard InChI is InChI=1S/C20H21N3O4S/c1-13-2-7-16(8-3-13)28-18-9-6-15(12-17(18)23(26)27)20(25)22-11-10-21-19(24)14-4-5-14/h2-3,6-9,12,14H,4-5,10-11H2,1H3,(H,21,24)(H,22,25). The smallest absolute Gasteiger partial charge is 0.284 e. The van der Waals surface area contributed by atoms with Crippen molar-refractivity contribution in [1.29, 1.82) is 0 Å². The molecular formula is C20H21N3O4S. The minimum Gasteiger partial charge on any atom is -0.354 e. The van der Waals surface area contributed by atoms with E-state index < -0.39 is 10.8 Å². The summed E-state index contributed by atoms with van der Waals surface area (Å²) in [5.74, 6) is -0.269. The average Bonchev–Trinajstić information content (AvgIpc) is 3.52. The zero-order chi connectivity index (χ0) is 20.1. The number of amides is 2. The molecule has 2 N–H and O–H groups in total. The maximum Gasteiger partial charge on any atom is 0.284 e. The molecule has 1 fully saturated rings. The zero-order valence-electron chi connectivity index (χ0n) is 15.4. The Bertz CT molecular complexity index is 895. The van der Waals surface area contributed by atoms with E-state index in [1.54, 1.807) is 12.1 Å². The fourth-order valence-electron chi connectivity index (χ4n) is 2.57. The van der Waals surface area contributed by atoms with E-state index >= 15 is 0 Å². The molecule has 1 aliphatic rings. The summed E-state index contributed by atoms with van der Waals surface area (Å²) in [4.78, 5) is 36.1. The highest BCUT2D eigenvalue weighted by molar-refractivity contribution is 7.99. The summed E-state index contributed by atoms with van der Waals surface area (Å²) in [5.41, 5.74) is 1.22. The van der Waals surface area contributed by atoms with Crippen molar-refractivity contribution in [3.63, 3.8) is 0 Å². The minimum atomic E-state index is -0.483. The van der Waals surface area contributed by atoms with Gasteiger partial charge in [0.2, 0.25) is 5.91 Å². The second-order valence-electron chi connectivity index (χ2n) is 6.68. The Labute approximate surface area is 167 Å². The number of aryl methyl sites for hydroxylation is 1. The van der Waals surface area contributed by atoms with Crippen LogP contribution in [0.25, 0.3) is 0 Å². The largest absolute Gasteiger partial charge is 0.354 e. The van der Waals surface area contributed by atoms with Gasteiger partial charge in [-0.1, -0.05) is 29.5 Å². The summed E-state index contributed by atoms with van der Waals surface area (Å²) in [6, 6.07) is 12.1. The van der Waals surface area contributed by atoms with Crippen LogP contribution in [0, 0.1) is 23.0 Å². The third-order valence-corrected chi connectivity index (χ3v) is 5.40. The van der Waals surface area contributed by atoms with Crippen LogP contribution in [0.15, 0.2) is 52.3 Å². The van der Waals surface area contributed by atoms with Gasteiger partial charge in [-0.05, 0) is 44.0 Å². The Morgan fingerprint density at radius 2 is 1.79 bits per heavy atom. The van der Waals surface area contributed by atoms with E-state index in [0.29, 0.717) is 11.4 Å². The number of carbonyl (C=O) groups is 2. The van der Waals surface area contributed by atoms with Crippen molar-refractivity contribution in [2.75, 3.05) is 13.1 Å². The van der Waals surface area contributed by atoms with E-state index in [0.717, 1.165) is 23.3 Å². The molecular weight excluding hydrogens is 378 g/mol. The molecule has 1 saturated carbocycles. The molecule has 0 saturated heterocycles.